The van der Waals surface area contributed by atoms with Gasteiger partial charge < -0.3 is 15.2 Å². The number of thiophene rings is 1. The van der Waals surface area contributed by atoms with Crippen LogP contribution in [0.25, 0.3) is 0 Å². The Labute approximate surface area is 208 Å². The van der Waals surface area contributed by atoms with Crippen LogP contribution in [0.15, 0.2) is 66.0 Å². The molecule has 1 saturated heterocycles. The molecule has 4 rings (SSSR count). The van der Waals surface area contributed by atoms with E-state index in [2.05, 4.69) is 77.1 Å². The van der Waals surface area contributed by atoms with E-state index in [1.165, 1.54) is 16.0 Å². The maximum Gasteiger partial charge on any atom is 0.134 e. The molecule has 1 fully saturated rings. The standard InChI is InChI=1S/C28H37N3O2S/c1-29-15-12-26(27-11-6-18-34-27)33-25-10-4-7-22(19-25)21-31-16-13-28(14-17-31,30(2)3)23-8-5-9-24(32)20-23/h4-11,18-20,26,29,32H,12-17,21H2,1-3H3/t26-/m1/s1. The van der Waals surface area contributed by atoms with Gasteiger partial charge in [-0.3, -0.25) is 9.80 Å². The van der Waals surface area contributed by atoms with Crippen LogP contribution in [0.3, 0.4) is 0 Å². The Hall–Kier alpha value is -2.38. The van der Waals surface area contributed by atoms with Crippen LogP contribution < -0.4 is 10.1 Å². The van der Waals surface area contributed by atoms with Gasteiger partial charge in [0.05, 0.1) is 0 Å². The lowest BCUT2D eigenvalue weighted by molar-refractivity contribution is 0.0505. The summed E-state index contributed by atoms with van der Waals surface area (Å²) in [7, 11) is 6.29. The normalized spacial score (nSPS) is 17.1. The monoisotopic (exact) mass is 479 g/mol. The molecule has 0 unspecified atom stereocenters. The van der Waals surface area contributed by atoms with E-state index in [-0.39, 0.29) is 11.6 Å². The predicted octanol–water partition coefficient (Wildman–Crippen LogP) is 5.24. The van der Waals surface area contributed by atoms with Gasteiger partial charge in [0.1, 0.15) is 17.6 Å². The molecule has 1 aliphatic rings. The average Bonchev–Trinajstić information content (AvgIpc) is 3.37. The molecule has 0 saturated carbocycles. The summed E-state index contributed by atoms with van der Waals surface area (Å²) >= 11 is 1.75. The largest absolute Gasteiger partial charge is 0.508 e. The van der Waals surface area contributed by atoms with Gasteiger partial charge in [-0.2, -0.15) is 0 Å². The number of nitrogens with one attached hydrogen (secondary N) is 1. The topological polar surface area (TPSA) is 48.0 Å². The van der Waals surface area contributed by atoms with Crippen LogP contribution in [-0.4, -0.2) is 55.7 Å². The smallest absolute Gasteiger partial charge is 0.134 e. The Morgan fingerprint density at radius 3 is 2.56 bits per heavy atom. The Kier molecular flexibility index (Phi) is 8.27. The fraction of sp³-hybridized carbons (Fsp3) is 0.429. The lowest BCUT2D eigenvalue weighted by Crippen LogP contribution is -2.50. The Balaban J connectivity index is 1.41. The van der Waals surface area contributed by atoms with Gasteiger partial charge in [-0.25, -0.2) is 0 Å². The molecule has 0 bridgehead atoms. The minimum atomic E-state index is -0.0402. The van der Waals surface area contributed by atoms with Crippen LogP contribution in [0.2, 0.25) is 0 Å². The first kappa shape index (κ1) is 24.7. The molecule has 0 aliphatic carbocycles. The van der Waals surface area contributed by atoms with E-state index in [1.807, 2.05) is 19.2 Å². The number of hydrogen-bond donors (Lipinski definition) is 2. The molecule has 2 N–H and O–H groups in total. The molecular weight excluding hydrogens is 442 g/mol. The van der Waals surface area contributed by atoms with Crippen LogP contribution >= 0.6 is 11.3 Å². The lowest BCUT2D eigenvalue weighted by atomic mass is 9.79. The van der Waals surface area contributed by atoms with Gasteiger partial charge in [-0.05, 0) is 87.4 Å². The molecule has 182 valence electrons. The number of benzene rings is 2. The van der Waals surface area contributed by atoms with Gasteiger partial charge in [-0.1, -0.05) is 30.3 Å². The van der Waals surface area contributed by atoms with Crippen molar-refractivity contribution in [1.82, 2.24) is 15.1 Å². The fourth-order valence-corrected chi connectivity index (χ4v) is 5.81. The average molecular weight is 480 g/mol. The van der Waals surface area contributed by atoms with Crippen LogP contribution in [0.5, 0.6) is 11.5 Å². The molecule has 6 heteroatoms. The van der Waals surface area contributed by atoms with Crippen molar-refractivity contribution in [2.75, 3.05) is 40.8 Å². The van der Waals surface area contributed by atoms with Crippen LogP contribution in [0.1, 0.15) is 41.4 Å². The summed E-state index contributed by atoms with van der Waals surface area (Å²) in [6, 6.07) is 20.6. The number of ether oxygens (including phenoxy) is 1. The molecule has 0 amide bonds. The van der Waals surface area contributed by atoms with Crippen molar-refractivity contribution >= 4 is 11.3 Å². The van der Waals surface area contributed by atoms with Gasteiger partial charge in [0.2, 0.25) is 0 Å². The highest BCUT2D eigenvalue weighted by molar-refractivity contribution is 7.10. The van der Waals surface area contributed by atoms with E-state index in [0.717, 1.165) is 51.2 Å². The highest BCUT2D eigenvalue weighted by Crippen LogP contribution is 2.39. The molecule has 2 heterocycles. The highest BCUT2D eigenvalue weighted by atomic mass is 32.1. The summed E-state index contributed by atoms with van der Waals surface area (Å²) in [5, 5.41) is 15.4. The summed E-state index contributed by atoms with van der Waals surface area (Å²) in [5.74, 6) is 1.28. The minimum absolute atomic E-state index is 0.0402. The molecular formula is C28H37N3O2S. The third kappa shape index (κ3) is 5.81. The van der Waals surface area contributed by atoms with Crippen molar-refractivity contribution < 1.29 is 9.84 Å². The van der Waals surface area contributed by atoms with Crippen molar-refractivity contribution in [2.45, 2.75) is 37.5 Å². The van der Waals surface area contributed by atoms with Crippen LogP contribution in [0.4, 0.5) is 0 Å². The van der Waals surface area contributed by atoms with Crippen molar-refractivity contribution in [3.63, 3.8) is 0 Å². The Bertz CT molecular complexity index is 1030. The molecule has 1 atom stereocenters. The number of piperidine rings is 1. The van der Waals surface area contributed by atoms with Gasteiger partial charge >= 0.3 is 0 Å². The van der Waals surface area contributed by atoms with Gasteiger partial charge in [-0.15, -0.1) is 11.3 Å². The van der Waals surface area contributed by atoms with Gasteiger partial charge in [0.15, 0.2) is 0 Å². The molecule has 34 heavy (non-hydrogen) atoms. The molecule has 1 aromatic heterocycles. The third-order valence-corrected chi connectivity index (χ3v) is 7.99. The molecule has 2 aromatic carbocycles. The number of aromatic hydroxyl groups is 1. The second kappa shape index (κ2) is 11.4. The second-order valence-electron chi connectivity index (χ2n) is 9.41. The van der Waals surface area contributed by atoms with Gasteiger partial charge in [0, 0.05) is 36.5 Å². The first-order valence-electron chi connectivity index (χ1n) is 12.1. The number of phenolic OH excluding ortho intramolecular Hbond substituents is 1. The highest BCUT2D eigenvalue weighted by Gasteiger charge is 2.38. The van der Waals surface area contributed by atoms with E-state index in [1.54, 1.807) is 17.4 Å². The maximum atomic E-state index is 10.0. The molecule has 1 aliphatic heterocycles. The van der Waals surface area contributed by atoms with Crippen LogP contribution in [0, 0.1) is 0 Å². The fourth-order valence-electron chi connectivity index (χ4n) is 5.02. The van der Waals surface area contributed by atoms with Crippen molar-refractivity contribution in [3.8, 4) is 11.5 Å². The zero-order valence-electron chi connectivity index (χ0n) is 20.5. The summed E-state index contributed by atoms with van der Waals surface area (Å²) in [6.07, 6.45) is 3.07. The summed E-state index contributed by atoms with van der Waals surface area (Å²) in [6.45, 7) is 3.86. The van der Waals surface area contributed by atoms with Crippen molar-refractivity contribution in [3.05, 3.63) is 82.0 Å². The summed E-state index contributed by atoms with van der Waals surface area (Å²) in [5.41, 5.74) is 2.45. The van der Waals surface area contributed by atoms with E-state index >= 15 is 0 Å². The Morgan fingerprint density at radius 2 is 1.88 bits per heavy atom. The maximum absolute atomic E-state index is 10.0. The minimum Gasteiger partial charge on any atom is -0.508 e. The summed E-state index contributed by atoms with van der Waals surface area (Å²) < 4.78 is 6.45. The number of nitrogens with zero attached hydrogens (tertiary/aromatic N) is 2. The lowest BCUT2D eigenvalue weighted by Gasteiger charge is -2.46. The first-order chi connectivity index (χ1) is 16.5. The van der Waals surface area contributed by atoms with E-state index in [0.29, 0.717) is 5.75 Å². The quantitative estimate of drug-likeness (QED) is 0.417. The first-order valence-corrected chi connectivity index (χ1v) is 13.0. The van der Waals surface area contributed by atoms with Crippen molar-refractivity contribution in [2.24, 2.45) is 0 Å². The third-order valence-electron chi connectivity index (χ3n) is 7.02. The SMILES string of the molecule is CNCC[C@@H](Oc1cccc(CN2CCC(c3cccc(O)c3)(N(C)C)CC2)c1)c1cccs1. The second-order valence-corrected chi connectivity index (χ2v) is 10.4. The Morgan fingerprint density at radius 1 is 1.09 bits per heavy atom. The van der Waals surface area contributed by atoms with Crippen molar-refractivity contribution in [1.29, 1.82) is 0 Å². The van der Waals surface area contributed by atoms with Crippen LogP contribution in [-0.2, 0) is 12.1 Å². The predicted molar refractivity (Wildman–Crippen MR) is 141 cm³/mol. The number of phenols is 1. The summed E-state index contributed by atoms with van der Waals surface area (Å²) in [4.78, 5) is 6.12. The van der Waals surface area contributed by atoms with Gasteiger partial charge in [0.25, 0.3) is 0 Å². The molecule has 0 spiro atoms. The van der Waals surface area contributed by atoms with E-state index < -0.39 is 0 Å². The zero-order chi connectivity index (χ0) is 24.0. The number of hydrogen-bond acceptors (Lipinski definition) is 6. The number of rotatable bonds is 10. The molecule has 0 radical (unpaired) electrons. The molecule has 3 aromatic rings. The van der Waals surface area contributed by atoms with E-state index in [4.69, 9.17) is 4.74 Å². The molecule has 5 nitrogen and oxygen atoms in total. The van der Waals surface area contributed by atoms with E-state index in [9.17, 15) is 5.11 Å². The zero-order valence-corrected chi connectivity index (χ0v) is 21.4. The number of likely N-dealkylation sites (tertiary alicyclic amines) is 1.